The lowest BCUT2D eigenvalue weighted by molar-refractivity contribution is -0.139. The number of carbonyl (C=O) groups is 5. The van der Waals surface area contributed by atoms with Gasteiger partial charge in [0.2, 0.25) is 23.6 Å². The van der Waals surface area contributed by atoms with Crippen LogP contribution in [-0.2, 0) is 24.0 Å². The zero-order valence-corrected chi connectivity index (χ0v) is 17.7. The van der Waals surface area contributed by atoms with Crippen LogP contribution >= 0.6 is 0 Å². The summed E-state index contributed by atoms with van der Waals surface area (Å²) in [6, 6.07) is -3.82. The van der Waals surface area contributed by atoms with Crippen molar-refractivity contribution in [2.75, 3.05) is 13.1 Å². The van der Waals surface area contributed by atoms with Crippen LogP contribution in [0.25, 0.3) is 0 Å². The molecule has 0 aromatic rings. The van der Waals surface area contributed by atoms with Crippen molar-refractivity contribution in [2.24, 2.45) is 27.9 Å². The molecule has 4 amide bonds. The van der Waals surface area contributed by atoms with Crippen LogP contribution in [0, 0.1) is 0 Å². The van der Waals surface area contributed by atoms with E-state index >= 15 is 0 Å². The van der Waals surface area contributed by atoms with E-state index in [1.165, 1.54) is 6.92 Å². The van der Waals surface area contributed by atoms with Gasteiger partial charge >= 0.3 is 5.97 Å². The molecular weight excluding hydrogens is 428 g/mol. The number of carboxylic acid groups (broad SMARTS) is 1. The molecule has 0 aromatic heterocycles. The lowest BCUT2D eigenvalue weighted by atomic mass is 10.1. The second kappa shape index (κ2) is 14.5. The summed E-state index contributed by atoms with van der Waals surface area (Å²) in [6.07, 6.45) is -1.27. The number of aliphatic imine (C=N–C) groups is 1. The summed E-state index contributed by atoms with van der Waals surface area (Å²) in [4.78, 5) is 62.5. The first-order valence-corrected chi connectivity index (χ1v) is 9.72. The van der Waals surface area contributed by atoms with Crippen molar-refractivity contribution in [1.29, 1.82) is 0 Å². The van der Waals surface area contributed by atoms with Gasteiger partial charge in [0.1, 0.15) is 18.6 Å². The van der Waals surface area contributed by atoms with Gasteiger partial charge in [-0.25, -0.2) is 0 Å². The third-order valence-corrected chi connectivity index (χ3v) is 4.09. The number of aliphatic carboxylic acids is 1. The first-order chi connectivity index (χ1) is 14.8. The zero-order valence-electron chi connectivity index (χ0n) is 17.7. The number of nitrogens with two attached hydrogens (primary N) is 4. The molecule has 32 heavy (non-hydrogen) atoms. The van der Waals surface area contributed by atoms with Crippen LogP contribution in [0.1, 0.15) is 32.6 Å². The fourth-order valence-corrected chi connectivity index (χ4v) is 2.42. The van der Waals surface area contributed by atoms with Gasteiger partial charge in [-0.15, -0.1) is 0 Å². The van der Waals surface area contributed by atoms with Crippen LogP contribution in [0.5, 0.6) is 0 Å². The van der Waals surface area contributed by atoms with Gasteiger partial charge in [0, 0.05) is 13.0 Å². The lowest BCUT2D eigenvalue weighted by Gasteiger charge is -2.25. The van der Waals surface area contributed by atoms with E-state index in [9.17, 15) is 29.1 Å². The molecule has 0 saturated carbocycles. The van der Waals surface area contributed by atoms with Crippen LogP contribution in [0.15, 0.2) is 4.99 Å². The molecule has 0 radical (unpaired) electrons. The van der Waals surface area contributed by atoms with Gasteiger partial charge in [-0.1, -0.05) is 0 Å². The van der Waals surface area contributed by atoms with Crippen molar-refractivity contribution in [3.8, 4) is 0 Å². The van der Waals surface area contributed by atoms with E-state index in [0.29, 0.717) is 6.42 Å². The Morgan fingerprint density at radius 3 is 2.09 bits per heavy atom. The quantitative estimate of drug-likeness (QED) is 0.0638. The number of aliphatic hydroxyl groups is 1. The number of primary amides is 1. The standard InChI is InChI=1S/C17H32N8O7/c1-8(26)13(16(32)23-7-12(28)29)25-15(31)10(4-5-11(19)27)24-14(30)9(18)3-2-6-22-17(20)21/h8-10,13,26H,2-7,18H2,1H3,(H2,19,27)(H,23,32)(H,24,30)(H,25,31)(H,28,29)(H4,20,21,22). The maximum absolute atomic E-state index is 12.6. The van der Waals surface area contributed by atoms with E-state index in [1.54, 1.807) is 0 Å². The van der Waals surface area contributed by atoms with E-state index in [1.807, 2.05) is 5.32 Å². The average molecular weight is 460 g/mol. The van der Waals surface area contributed by atoms with Crippen LogP contribution in [-0.4, -0.2) is 83.1 Å². The molecule has 0 aliphatic carbocycles. The van der Waals surface area contributed by atoms with Gasteiger partial charge in [0.15, 0.2) is 5.96 Å². The zero-order chi connectivity index (χ0) is 24.8. The minimum absolute atomic E-state index is 0.105. The number of hydrogen-bond donors (Lipinski definition) is 9. The Hall–Kier alpha value is -3.46. The van der Waals surface area contributed by atoms with E-state index in [0.717, 1.165) is 0 Å². The van der Waals surface area contributed by atoms with Crippen molar-refractivity contribution in [2.45, 2.75) is 56.8 Å². The van der Waals surface area contributed by atoms with Gasteiger partial charge in [0.25, 0.3) is 0 Å². The Bertz CT molecular complexity index is 709. The summed E-state index contributed by atoms with van der Waals surface area (Å²) >= 11 is 0. The third-order valence-electron chi connectivity index (χ3n) is 4.09. The van der Waals surface area contributed by atoms with Crippen LogP contribution in [0.2, 0.25) is 0 Å². The van der Waals surface area contributed by atoms with Crippen molar-refractivity contribution >= 4 is 35.6 Å². The van der Waals surface area contributed by atoms with Crippen molar-refractivity contribution in [3.63, 3.8) is 0 Å². The molecule has 15 heteroatoms. The van der Waals surface area contributed by atoms with Crippen LogP contribution < -0.4 is 38.9 Å². The number of carboxylic acids is 1. The Morgan fingerprint density at radius 1 is 0.969 bits per heavy atom. The number of nitrogens with one attached hydrogen (secondary N) is 3. The molecular formula is C17H32N8O7. The van der Waals surface area contributed by atoms with Crippen molar-refractivity contribution in [1.82, 2.24) is 16.0 Å². The highest BCUT2D eigenvalue weighted by molar-refractivity contribution is 5.94. The molecule has 15 nitrogen and oxygen atoms in total. The van der Waals surface area contributed by atoms with E-state index in [4.69, 9.17) is 28.0 Å². The number of carbonyl (C=O) groups excluding carboxylic acids is 4. The maximum Gasteiger partial charge on any atom is 0.322 e. The SMILES string of the molecule is CC(O)C(NC(=O)C(CCC(N)=O)NC(=O)C(N)CCCN=C(N)N)C(=O)NCC(=O)O. The number of hydrogen-bond acceptors (Lipinski definition) is 8. The van der Waals surface area contributed by atoms with E-state index < -0.39 is 60.4 Å². The Kier molecular flexibility index (Phi) is 13.0. The van der Waals surface area contributed by atoms with Gasteiger partial charge in [-0.3, -0.25) is 29.0 Å². The fourth-order valence-electron chi connectivity index (χ4n) is 2.42. The molecule has 4 unspecified atom stereocenters. The summed E-state index contributed by atoms with van der Waals surface area (Å²) in [5, 5.41) is 25.1. The molecule has 0 aliphatic rings. The topological polar surface area (TPSA) is 278 Å². The maximum atomic E-state index is 12.6. The molecule has 0 aliphatic heterocycles. The molecule has 4 atom stereocenters. The second-order valence-electron chi connectivity index (χ2n) is 6.96. The lowest BCUT2D eigenvalue weighted by Crippen LogP contribution is -2.58. The normalized spacial score (nSPS) is 14.2. The monoisotopic (exact) mass is 460 g/mol. The predicted molar refractivity (Wildman–Crippen MR) is 113 cm³/mol. The largest absolute Gasteiger partial charge is 0.480 e. The smallest absolute Gasteiger partial charge is 0.322 e. The Balaban J connectivity index is 5.16. The highest BCUT2D eigenvalue weighted by atomic mass is 16.4. The number of aliphatic hydroxyl groups excluding tert-OH is 1. The molecule has 13 N–H and O–H groups in total. The summed E-state index contributed by atoms with van der Waals surface area (Å²) < 4.78 is 0. The molecule has 0 aromatic carbocycles. The van der Waals surface area contributed by atoms with Crippen molar-refractivity contribution < 1.29 is 34.2 Å². The molecule has 0 fully saturated rings. The number of nitrogens with zero attached hydrogens (tertiary/aromatic N) is 1. The molecule has 0 saturated heterocycles. The molecule has 182 valence electrons. The second-order valence-corrected chi connectivity index (χ2v) is 6.96. The van der Waals surface area contributed by atoms with Gasteiger partial charge in [-0.05, 0) is 26.2 Å². The highest BCUT2D eigenvalue weighted by Crippen LogP contribution is 2.03. The number of guanidine groups is 1. The highest BCUT2D eigenvalue weighted by Gasteiger charge is 2.30. The van der Waals surface area contributed by atoms with E-state index in [2.05, 4.69) is 15.6 Å². The predicted octanol–water partition coefficient (Wildman–Crippen LogP) is -4.82. The summed E-state index contributed by atoms with van der Waals surface area (Å²) in [5.74, 6) is -4.72. The van der Waals surface area contributed by atoms with Gasteiger partial charge in [0.05, 0.1) is 12.1 Å². The first-order valence-electron chi connectivity index (χ1n) is 9.72. The molecule has 0 heterocycles. The summed E-state index contributed by atoms with van der Waals surface area (Å²) in [5.41, 5.74) is 21.3. The average Bonchev–Trinajstić information content (AvgIpc) is 2.69. The van der Waals surface area contributed by atoms with Crippen LogP contribution in [0.4, 0.5) is 0 Å². The third kappa shape index (κ3) is 12.3. The summed E-state index contributed by atoms with van der Waals surface area (Å²) in [6.45, 7) is 0.722. The Labute approximate surface area is 184 Å². The fraction of sp³-hybridized carbons (Fsp3) is 0.647. The summed E-state index contributed by atoms with van der Waals surface area (Å²) in [7, 11) is 0. The molecule has 0 spiro atoms. The minimum Gasteiger partial charge on any atom is -0.480 e. The van der Waals surface area contributed by atoms with Gasteiger partial charge in [-0.2, -0.15) is 0 Å². The minimum atomic E-state index is -1.51. The van der Waals surface area contributed by atoms with Gasteiger partial charge < -0.3 is 49.1 Å². The number of amides is 4. The molecule has 0 bridgehead atoms. The Morgan fingerprint density at radius 2 is 1.59 bits per heavy atom. The molecule has 0 rings (SSSR count). The first kappa shape index (κ1) is 28.5. The van der Waals surface area contributed by atoms with Crippen molar-refractivity contribution in [3.05, 3.63) is 0 Å². The van der Waals surface area contributed by atoms with E-state index in [-0.39, 0.29) is 31.8 Å². The van der Waals surface area contributed by atoms with Crippen LogP contribution in [0.3, 0.4) is 0 Å². The number of rotatable bonds is 15.